The summed E-state index contributed by atoms with van der Waals surface area (Å²) in [5.74, 6) is -0.187. The van der Waals surface area contributed by atoms with E-state index in [-0.39, 0.29) is 22.3 Å². The molecule has 94 valence electrons. The first kappa shape index (κ1) is 12.5. The number of fused-ring (bicyclic) bond motifs is 1. The molecule has 2 heterocycles. The predicted molar refractivity (Wildman–Crippen MR) is 63.8 cm³/mol. The molecule has 1 N–H and O–H groups in total. The van der Waals surface area contributed by atoms with Crippen LogP contribution in [0, 0.1) is 11.3 Å². The van der Waals surface area contributed by atoms with Gasteiger partial charge in [0.15, 0.2) is 5.03 Å². The number of pyridine rings is 1. The summed E-state index contributed by atoms with van der Waals surface area (Å²) in [7, 11) is -4.44. The Kier molecular flexibility index (Phi) is 2.84. The molecule has 7 heteroatoms. The molecule has 0 amide bonds. The van der Waals surface area contributed by atoms with E-state index in [2.05, 4.69) is 4.98 Å². The van der Waals surface area contributed by atoms with Gasteiger partial charge in [-0.25, -0.2) is 4.98 Å². The van der Waals surface area contributed by atoms with Crippen LogP contribution in [0.2, 0.25) is 0 Å². The summed E-state index contributed by atoms with van der Waals surface area (Å²) >= 11 is 0. The molecular weight excluding hydrogens is 254 g/mol. The highest BCUT2D eigenvalue weighted by molar-refractivity contribution is 7.85. The van der Waals surface area contributed by atoms with Gasteiger partial charge in [-0.3, -0.25) is 8.95 Å². The highest BCUT2D eigenvalue weighted by Crippen LogP contribution is 2.25. The molecule has 0 atom stereocenters. The SMILES string of the molecule is CC(C)c1nc2cccc(C#N)n2c1S(=O)(=O)O. The van der Waals surface area contributed by atoms with Crippen molar-refractivity contribution in [1.82, 2.24) is 9.38 Å². The van der Waals surface area contributed by atoms with Crippen molar-refractivity contribution in [2.75, 3.05) is 0 Å². The number of hydrogen-bond donors (Lipinski definition) is 1. The molecule has 0 radical (unpaired) electrons. The lowest BCUT2D eigenvalue weighted by Gasteiger charge is -2.04. The van der Waals surface area contributed by atoms with E-state index in [1.807, 2.05) is 6.07 Å². The Hall–Kier alpha value is -1.91. The second-order valence-corrected chi connectivity index (χ2v) is 5.49. The lowest BCUT2D eigenvalue weighted by molar-refractivity contribution is 0.475. The Balaban J connectivity index is 3.03. The number of hydrogen-bond acceptors (Lipinski definition) is 4. The summed E-state index contributed by atoms with van der Waals surface area (Å²) in [6, 6.07) is 6.54. The van der Waals surface area contributed by atoms with E-state index >= 15 is 0 Å². The fraction of sp³-hybridized carbons (Fsp3) is 0.273. The summed E-state index contributed by atoms with van der Waals surface area (Å²) in [4.78, 5) is 4.16. The van der Waals surface area contributed by atoms with E-state index in [0.717, 1.165) is 4.40 Å². The third-order valence-corrected chi connectivity index (χ3v) is 3.41. The standard InChI is InChI=1S/C11H11N3O3S/c1-7(2)10-11(18(15,16)17)14-8(6-12)4-3-5-9(14)13-10/h3-5,7H,1-2H3,(H,15,16,17). The summed E-state index contributed by atoms with van der Waals surface area (Å²) in [6.07, 6.45) is 0. The molecule has 2 rings (SSSR count). The molecule has 0 saturated carbocycles. The smallest absolute Gasteiger partial charge is 0.281 e. The van der Waals surface area contributed by atoms with Gasteiger partial charge in [-0.2, -0.15) is 13.7 Å². The Labute approximate surface area is 104 Å². The molecule has 0 unspecified atom stereocenters. The molecule has 18 heavy (non-hydrogen) atoms. The number of nitrogens with zero attached hydrogens (tertiary/aromatic N) is 3. The van der Waals surface area contributed by atoms with Gasteiger partial charge < -0.3 is 0 Å². The van der Waals surface area contributed by atoms with Crippen LogP contribution < -0.4 is 0 Å². The molecule has 0 bridgehead atoms. The highest BCUT2D eigenvalue weighted by atomic mass is 32.2. The molecule has 6 nitrogen and oxygen atoms in total. The first-order valence-electron chi connectivity index (χ1n) is 5.25. The lowest BCUT2D eigenvalue weighted by Crippen LogP contribution is -2.08. The number of imidazole rings is 1. The first-order valence-corrected chi connectivity index (χ1v) is 6.69. The van der Waals surface area contributed by atoms with Crippen molar-refractivity contribution >= 4 is 15.8 Å². The maximum absolute atomic E-state index is 11.5. The molecule has 0 spiro atoms. The van der Waals surface area contributed by atoms with Gasteiger partial charge in [-0.05, 0) is 18.1 Å². The molecule has 2 aromatic heterocycles. The van der Waals surface area contributed by atoms with Gasteiger partial charge in [-0.15, -0.1) is 0 Å². The Morgan fingerprint density at radius 3 is 2.61 bits per heavy atom. The first-order chi connectivity index (χ1) is 8.36. The second kappa shape index (κ2) is 4.08. The number of aromatic nitrogens is 2. The molecule has 0 aliphatic heterocycles. The van der Waals surface area contributed by atoms with Gasteiger partial charge in [0.05, 0.1) is 5.69 Å². The van der Waals surface area contributed by atoms with Crippen molar-refractivity contribution in [3.63, 3.8) is 0 Å². The van der Waals surface area contributed by atoms with Crippen LogP contribution in [0.15, 0.2) is 23.2 Å². The van der Waals surface area contributed by atoms with Crippen molar-refractivity contribution < 1.29 is 13.0 Å². The molecule has 2 aromatic rings. The summed E-state index contributed by atoms with van der Waals surface area (Å²) in [5, 5.41) is 8.67. The quantitative estimate of drug-likeness (QED) is 0.831. The monoisotopic (exact) mass is 265 g/mol. The molecule has 0 aromatic carbocycles. The summed E-state index contributed by atoms with van der Waals surface area (Å²) in [5.41, 5.74) is 0.685. The zero-order chi connectivity index (χ0) is 13.5. The number of nitriles is 1. The molecule has 0 saturated heterocycles. The van der Waals surface area contributed by atoms with Gasteiger partial charge in [0.1, 0.15) is 17.4 Å². The van der Waals surface area contributed by atoms with Crippen molar-refractivity contribution in [1.29, 1.82) is 5.26 Å². The Morgan fingerprint density at radius 1 is 1.44 bits per heavy atom. The van der Waals surface area contributed by atoms with Crippen LogP contribution >= 0.6 is 0 Å². The van der Waals surface area contributed by atoms with E-state index in [9.17, 15) is 13.0 Å². The van der Waals surface area contributed by atoms with Crippen LogP contribution in [0.5, 0.6) is 0 Å². The molecule has 0 aliphatic carbocycles. The average molecular weight is 265 g/mol. The van der Waals surface area contributed by atoms with E-state index in [1.54, 1.807) is 26.0 Å². The van der Waals surface area contributed by atoms with Crippen LogP contribution in [0.4, 0.5) is 0 Å². The summed E-state index contributed by atoms with van der Waals surface area (Å²) in [6.45, 7) is 3.53. The van der Waals surface area contributed by atoms with Crippen LogP contribution in [-0.2, 0) is 10.1 Å². The van der Waals surface area contributed by atoms with Crippen molar-refractivity contribution in [2.45, 2.75) is 24.8 Å². The molecule has 0 aliphatic rings. The third kappa shape index (κ3) is 1.85. The highest BCUT2D eigenvalue weighted by Gasteiger charge is 2.26. The normalized spacial score (nSPS) is 11.9. The van der Waals surface area contributed by atoms with Gasteiger partial charge in [0.2, 0.25) is 0 Å². The summed E-state index contributed by atoms with van der Waals surface area (Å²) < 4.78 is 33.5. The maximum atomic E-state index is 11.5. The predicted octanol–water partition coefficient (Wildman–Crippen LogP) is 1.58. The second-order valence-electron chi connectivity index (χ2n) is 4.15. The van der Waals surface area contributed by atoms with Crippen molar-refractivity contribution in [2.24, 2.45) is 0 Å². The fourth-order valence-corrected chi connectivity index (χ4v) is 2.76. The van der Waals surface area contributed by atoms with E-state index in [1.165, 1.54) is 6.07 Å². The van der Waals surface area contributed by atoms with E-state index in [4.69, 9.17) is 5.26 Å². The molecular formula is C11H11N3O3S. The van der Waals surface area contributed by atoms with Crippen LogP contribution in [0.3, 0.4) is 0 Å². The minimum absolute atomic E-state index is 0.111. The lowest BCUT2D eigenvalue weighted by atomic mass is 10.2. The zero-order valence-corrected chi connectivity index (χ0v) is 10.6. The van der Waals surface area contributed by atoms with Crippen LogP contribution in [0.1, 0.15) is 31.2 Å². The molecule has 0 fully saturated rings. The van der Waals surface area contributed by atoms with Crippen molar-refractivity contribution in [3.8, 4) is 6.07 Å². The van der Waals surface area contributed by atoms with Gasteiger partial charge in [0, 0.05) is 0 Å². The Morgan fingerprint density at radius 2 is 2.11 bits per heavy atom. The van der Waals surface area contributed by atoms with Crippen molar-refractivity contribution in [3.05, 3.63) is 29.6 Å². The minimum Gasteiger partial charge on any atom is -0.281 e. The fourth-order valence-electron chi connectivity index (χ4n) is 1.80. The largest absolute Gasteiger partial charge is 0.312 e. The minimum atomic E-state index is -4.44. The zero-order valence-electron chi connectivity index (χ0n) is 9.82. The van der Waals surface area contributed by atoms with E-state index in [0.29, 0.717) is 5.65 Å². The third-order valence-electron chi connectivity index (χ3n) is 2.53. The van der Waals surface area contributed by atoms with Gasteiger partial charge in [-0.1, -0.05) is 19.9 Å². The van der Waals surface area contributed by atoms with Gasteiger partial charge in [0.25, 0.3) is 0 Å². The van der Waals surface area contributed by atoms with Gasteiger partial charge >= 0.3 is 10.1 Å². The average Bonchev–Trinajstić information content (AvgIpc) is 2.67. The van der Waals surface area contributed by atoms with E-state index < -0.39 is 10.1 Å². The number of rotatable bonds is 2. The Bertz CT molecular complexity index is 754. The maximum Gasteiger partial charge on any atom is 0.312 e. The van der Waals surface area contributed by atoms with Crippen LogP contribution in [0.25, 0.3) is 5.65 Å². The van der Waals surface area contributed by atoms with Crippen LogP contribution in [-0.4, -0.2) is 22.4 Å². The topological polar surface area (TPSA) is 95.5 Å².